The first-order chi connectivity index (χ1) is 6.16. The Balaban J connectivity index is 3.25. The fourth-order valence-electron chi connectivity index (χ4n) is 0.505. The molecule has 0 aliphatic carbocycles. The van der Waals surface area contributed by atoms with Gasteiger partial charge < -0.3 is 10.5 Å². The van der Waals surface area contributed by atoms with E-state index in [1.807, 2.05) is 12.4 Å². The van der Waals surface area contributed by atoms with Crippen molar-refractivity contribution in [3.05, 3.63) is 0 Å². The number of primary amides is 1. The molecule has 0 aromatic carbocycles. The van der Waals surface area contributed by atoms with Crippen LogP contribution in [-0.4, -0.2) is 25.2 Å². The lowest BCUT2D eigenvalue weighted by atomic mass is 10.4. The van der Waals surface area contributed by atoms with Crippen LogP contribution in [0.2, 0.25) is 0 Å². The standard InChI is InChI=1S/C7H14N2O4/c1-2-3-4-12-7(11)9-13-5-6(8)10/h2-5H2,1H3,(H2,8,10)(H,9,11). The van der Waals surface area contributed by atoms with E-state index in [9.17, 15) is 9.59 Å². The minimum Gasteiger partial charge on any atom is -0.448 e. The summed E-state index contributed by atoms with van der Waals surface area (Å²) < 4.78 is 4.64. The molecule has 6 nitrogen and oxygen atoms in total. The van der Waals surface area contributed by atoms with Crippen molar-refractivity contribution < 1.29 is 19.2 Å². The molecular formula is C7H14N2O4. The van der Waals surface area contributed by atoms with Crippen molar-refractivity contribution in [2.75, 3.05) is 13.2 Å². The van der Waals surface area contributed by atoms with E-state index >= 15 is 0 Å². The van der Waals surface area contributed by atoms with Gasteiger partial charge in [0.15, 0.2) is 6.61 Å². The summed E-state index contributed by atoms with van der Waals surface area (Å²) in [4.78, 5) is 25.2. The number of ether oxygens (including phenoxy) is 1. The molecule has 0 atom stereocenters. The topological polar surface area (TPSA) is 90.7 Å². The predicted molar refractivity (Wildman–Crippen MR) is 44.5 cm³/mol. The zero-order valence-electron chi connectivity index (χ0n) is 7.54. The molecule has 0 spiro atoms. The van der Waals surface area contributed by atoms with Crippen molar-refractivity contribution >= 4 is 12.0 Å². The van der Waals surface area contributed by atoms with Crippen molar-refractivity contribution in [2.24, 2.45) is 5.73 Å². The van der Waals surface area contributed by atoms with Crippen LogP contribution in [-0.2, 0) is 14.4 Å². The molecule has 0 saturated carbocycles. The lowest BCUT2D eigenvalue weighted by Crippen LogP contribution is -2.30. The third-order valence-electron chi connectivity index (χ3n) is 1.10. The Bertz CT molecular complexity index is 172. The van der Waals surface area contributed by atoms with Crippen molar-refractivity contribution in [1.29, 1.82) is 0 Å². The van der Waals surface area contributed by atoms with Gasteiger partial charge in [-0.1, -0.05) is 13.3 Å². The lowest BCUT2D eigenvalue weighted by Gasteiger charge is -2.04. The molecule has 0 radical (unpaired) electrons. The summed E-state index contributed by atoms with van der Waals surface area (Å²) in [6.07, 6.45) is 1.02. The van der Waals surface area contributed by atoms with Crippen LogP contribution in [0, 0.1) is 0 Å². The Kier molecular flexibility index (Phi) is 6.62. The Morgan fingerprint density at radius 3 is 2.69 bits per heavy atom. The molecule has 0 aliphatic heterocycles. The smallest absolute Gasteiger partial charge is 0.431 e. The molecule has 13 heavy (non-hydrogen) atoms. The highest BCUT2D eigenvalue weighted by Crippen LogP contribution is 1.87. The zero-order chi connectivity index (χ0) is 10.1. The van der Waals surface area contributed by atoms with Gasteiger partial charge in [-0.3, -0.25) is 9.63 Å². The first kappa shape index (κ1) is 11.7. The number of nitrogens with two attached hydrogens (primary N) is 1. The minimum absolute atomic E-state index is 0.336. The van der Waals surface area contributed by atoms with Crippen molar-refractivity contribution in [1.82, 2.24) is 5.48 Å². The summed E-state index contributed by atoms with van der Waals surface area (Å²) >= 11 is 0. The molecule has 0 aromatic heterocycles. The molecule has 2 amide bonds. The monoisotopic (exact) mass is 190 g/mol. The van der Waals surface area contributed by atoms with E-state index in [0.717, 1.165) is 12.8 Å². The lowest BCUT2D eigenvalue weighted by molar-refractivity contribution is -0.124. The third kappa shape index (κ3) is 8.61. The van der Waals surface area contributed by atoms with Crippen LogP contribution in [0.25, 0.3) is 0 Å². The summed E-state index contributed by atoms with van der Waals surface area (Å²) in [6.45, 7) is 1.95. The van der Waals surface area contributed by atoms with Gasteiger partial charge in [0, 0.05) is 0 Å². The van der Waals surface area contributed by atoms with E-state index in [0.29, 0.717) is 6.61 Å². The number of amides is 2. The van der Waals surface area contributed by atoms with E-state index in [1.165, 1.54) is 0 Å². The molecule has 6 heteroatoms. The fourth-order valence-corrected chi connectivity index (χ4v) is 0.505. The van der Waals surface area contributed by atoms with Gasteiger partial charge in [-0.05, 0) is 6.42 Å². The molecule has 3 N–H and O–H groups in total. The maximum atomic E-state index is 10.7. The molecule has 0 saturated heterocycles. The van der Waals surface area contributed by atoms with E-state index in [4.69, 9.17) is 5.73 Å². The highest BCUT2D eigenvalue weighted by atomic mass is 16.7. The maximum Gasteiger partial charge on any atom is 0.431 e. The fraction of sp³-hybridized carbons (Fsp3) is 0.714. The SMILES string of the molecule is CCCCOC(=O)NOCC(N)=O. The van der Waals surface area contributed by atoms with Gasteiger partial charge >= 0.3 is 6.09 Å². The van der Waals surface area contributed by atoms with E-state index < -0.39 is 12.0 Å². The number of unbranched alkanes of at least 4 members (excludes halogenated alkanes) is 1. The van der Waals surface area contributed by atoms with Crippen LogP contribution in [0.3, 0.4) is 0 Å². The van der Waals surface area contributed by atoms with Crippen LogP contribution < -0.4 is 11.2 Å². The molecular weight excluding hydrogens is 176 g/mol. The average Bonchev–Trinajstić information content (AvgIpc) is 2.04. The number of hydrogen-bond donors (Lipinski definition) is 2. The van der Waals surface area contributed by atoms with E-state index in [2.05, 4.69) is 9.57 Å². The van der Waals surface area contributed by atoms with Crippen LogP contribution in [0.5, 0.6) is 0 Å². The molecule has 0 heterocycles. The summed E-state index contributed by atoms with van der Waals surface area (Å²) in [6, 6.07) is 0. The molecule has 0 aromatic rings. The molecule has 76 valence electrons. The molecule has 0 rings (SSSR count). The highest BCUT2D eigenvalue weighted by molar-refractivity contribution is 5.75. The van der Waals surface area contributed by atoms with E-state index in [-0.39, 0.29) is 6.61 Å². The Morgan fingerprint density at radius 1 is 1.46 bits per heavy atom. The third-order valence-corrected chi connectivity index (χ3v) is 1.10. The van der Waals surface area contributed by atoms with Crippen molar-refractivity contribution in [3.8, 4) is 0 Å². The number of rotatable bonds is 6. The summed E-state index contributed by atoms with van der Waals surface area (Å²) in [7, 11) is 0. The van der Waals surface area contributed by atoms with Crippen LogP contribution >= 0.6 is 0 Å². The predicted octanol–water partition coefficient (Wildman–Crippen LogP) is -0.0704. The van der Waals surface area contributed by atoms with Gasteiger partial charge in [-0.25, -0.2) is 4.79 Å². The van der Waals surface area contributed by atoms with Gasteiger partial charge in [0.25, 0.3) is 0 Å². The number of hydrogen-bond acceptors (Lipinski definition) is 4. The molecule has 0 unspecified atom stereocenters. The summed E-state index contributed by atoms with van der Waals surface area (Å²) in [5, 5.41) is 0. The Labute approximate surface area is 76.3 Å². The molecule has 0 aliphatic rings. The first-order valence-corrected chi connectivity index (χ1v) is 3.99. The molecule has 0 fully saturated rings. The first-order valence-electron chi connectivity index (χ1n) is 3.99. The van der Waals surface area contributed by atoms with Gasteiger partial charge in [-0.2, -0.15) is 5.48 Å². The maximum absolute atomic E-state index is 10.7. The van der Waals surface area contributed by atoms with Crippen LogP contribution in [0.4, 0.5) is 4.79 Å². The zero-order valence-corrected chi connectivity index (χ0v) is 7.54. The van der Waals surface area contributed by atoms with Gasteiger partial charge in [0.1, 0.15) is 0 Å². The van der Waals surface area contributed by atoms with Crippen LogP contribution in [0.1, 0.15) is 19.8 Å². The average molecular weight is 190 g/mol. The van der Waals surface area contributed by atoms with Gasteiger partial charge in [-0.15, -0.1) is 0 Å². The Hall–Kier alpha value is -1.30. The van der Waals surface area contributed by atoms with Gasteiger partial charge in [0.2, 0.25) is 5.91 Å². The van der Waals surface area contributed by atoms with Gasteiger partial charge in [0.05, 0.1) is 6.61 Å². The largest absolute Gasteiger partial charge is 0.448 e. The highest BCUT2D eigenvalue weighted by Gasteiger charge is 2.01. The number of carbonyl (C=O) groups is 2. The number of carbonyl (C=O) groups excluding carboxylic acids is 2. The summed E-state index contributed by atoms with van der Waals surface area (Å²) in [5.74, 6) is -0.658. The normalized spacial score (nSPS) is 9.31. The quantitative estimate of drug-likeness (QED) is 0.453. The van der Waals surface area contributed by atoms with E-state index in [1.54, 1.807) is 0 Å². The summed E-state index contributed by atoms with van der Waals surface area (Å²) in [5.41, 5.74) is 6.66. The number of hydroxylamine groups is 1. The van der Waals surface area contributed by atoms with Crippen molar-refractivity contribution in [3.63, 3.8) is 0 Å². The molecule has 0 bridgehead atoms. The second kappa shape index (κ2) is 7.35. The minimum atomic E-state index is -0.713. The number of nitrogens with one attached hydrogen (secondary N) is 1. The second-order valence-corrected chi connectivity index (χ2v) is 2.35. The second-order valence-electron chi connectivity index (χ2n) is 2.35. The Morgan fingerprint density at radius 2 is 2.15 bits per heavy atom. The van der Waals surface area contributed by atoms with Crippen molar-refractivity contribution in [2.45, 2.75) is 19.8 Å². The van der Waals surface area contributed by atoms with Crippen LogP contribution in [0.15, 0.2) is 0 Å².